The van der Waals surface area contributed by atoms with Crippen LogP contribution >= 0.6 is 0 Å². The Kier molecular flexibility index (Phi) is 7.23. The van der Waals surface area contributed by atoms with Crippen molar-refractivity contribution in [1.82, 2.24) is 15.1 Å². The van der Waals surface area contributed by atoms with Gasteiger partial charge in [0.2, 0.25) is 0 Å². The van der Waals surface area contributed by atoms with E-state index in [0.29, 0.717) is 36.9 Å². The number of halogens is 1. The van der Waals surface area contributed by atoms with Crippen molar-refractivity contribution in [1.29, 1.82) is 0 Å². The number of piperidine rings is 1. The normalized spacial score (nSPS) is 19.3. The number of carbonyl (C=O) groups excluding carboxylic acids is 1. The zero-order valence-corrected chi connectivity index (χ0v) is 20.5. The number of aromatic nitrogens is 2. The van der Waals surface area contributed by atoms with Gasteiger partial charge >= 0.3 is 0 Å². The van der Waals surface area contributed by atoms with Gasteiger partial charge in [-0.1, -0.05) is 0 Å². The van der Waals surface area contributed by atoms with Crippen LogP contribution in [-0.2, 0) is 4.74 Å². The fourth-order valence-corrected chi connectivity index (χ4v) is 5.31. The predicted molar refractivity (Wildman–Crippen MR) is 134 cm³/mol. The van der Waals surface area contributed by atoms with E-state index in [0.717, 1.165) is 55.7 Å². The number of hydrogen-bond acceptors (Lipinski definition) is 5. The lowest BCUT2D eigenvalue weighted by molar-refractivity contribution is -0.125. The number of benzene rings is 2. The van der Waals surface area contributed by atoms with E-state index in [-0.39, 0.29) is 17.3 Å². The van der Waals surface area contributed by atoms with Gasteiger partial charge in [0.1, 0.15) is 17.3 Å². The number of amides is 1. The number of rotatable bonds is 7. The van der Waals surface area contributed by atoms with Crippen LogP contribution in [-0.4, -0.2) is 60.0 Å². The van der Waals surface area contributed by atoms with Gasteiger partial charge in [0, 0.05) is 25.3 Å². The molecular weight excluding hydrogens is 461 g/mol. The van der Waals surface area contributed by atoms with E-state index in [1.54, 1.807) is 25.4 Å². The van der Waals surface area contributed by atoms with Crippen molar-refractivity contribution in [2.75, 3.05) is 33.4 Å². The molecule has 36 heavy (non-hydrogen) atoms. The number of aromatic amines is 1. The molecule has 1 unspecified atom stereocenters. The van der Waals surface area contributed by atoms with Crippen LogP contribution < -0.4 is 9.47 Å². The number of nitrogens with one attached hydrogen (secondary N) is 1. The second-order valence-corrected chi connectivity index (χ2v) is 9.66. The monoisotopic (exact) mass is 493 g/mol. The van der Waals surface area contributed by atoms with Crippen LogP contribution in [0.25, 0.3) is 11.3 Å². The standard InChI is InChI=1S/C28H32FN3O4/c1-34-23-6-2-21(3-7-23)26-25(19-30-31-26)27(33)32-14-12-28(13-15-32)18-20(11-17-36-28)10-16-35-24-8-4-22(29)5-9-24/h2-9,19-20H,10-18H2,1H3,(H,30,31). The average Bonchev–Trinajstić information content (AvgIpc) is 3.40. The van der Waals surface area contributed by atoms with Gasteiger partial charge in [0.25, 0.3) is 5.91 Å². The Bertz CT molecular complexity index is 1150. The number of methoxy groups -OCH3 is 1. The van der Waals surface area contributed by atoms with Crippen molar-refractivity contribution < 1.29 is 23.4 Å². The highest BCUT2D eigenvalue weighted by molar-refractivity contribution is 5.99. The van der Waals surface area contributed by atoms with E-state index < -0.39 is 0 Å². The quantitative estimate of drug-likeness (QED) is 0.496. The summed E-state index contributed by atoms with van der Waals surface area (Å²) in [5.41, 5.74) is 2.02. The highest BCUT2D eigenvalue weighted by atomic mass is 19.1. The van der Waals surface area contributed by atoms with E-state index in [1.165, 1.54) is 12.1 Å². The molecule has 5 rings (SSSR count). The van der Waals surface area contributed by atoms with Gasteiger partial charge in [-0.2, -0.15) is 5.10 Å². The molecule has 2 saturated heterocycles. The number of ether oxygens (including phenoxy) is 3. The highest BCUT2D eigenvalue weighted by Crippen LogP contribution is 2.39. The molecule has 1 N–H and O–H groups in total. The summed E-state index contributed by atoms with van der Waals surface area (Å²) in [7, 11) is 1.63. The fourth-order valence-electron chi connectivity index (χ4n) is 5.31. The summed E-state index contributed by atoms with van der Waals surface area (Å²) < 4.78 is 30.4. The van der Waals surface area contributed by atoms with E-state index in [9.17, 15) is 9.18 Å². The van der Waals surface area contributed by atoms with Crippen LogP contribution in [0, 0.1) is 11.7 Å². The second kappa shape index (κ2) is 10.7. The first kappa shape index (κ1) is 24.3. The fraction of sp³-hybridized carbons (Fsp3) is 0.429. The van der Waals surface area contributed by atoms with E-state index in [2.05, 4.69) is 10.2 Å². The molecule has 0 saturated carbocycles. The topological polar surface area (TPSA) is 76.7 Å². The zero-order chi connectivity index (χ0) is 25.0. The first-order valence-electron chi connectivity index (χ1n) is 12.5. The van der Waals surface area contributed by atoms with E-state index in [1.807, 2.05) is 29.2 Å². The maximum Gasteiger partial charge on any atom is 0.257 e. The van der Waals surface area contributed by atoms with Crippen LogP contribution in [0.15, 0.2) is 54.7 Å². The van der Waals surface area contributed by atoms with Gasteiger partial charge in [0.05, 0.1) is 36.8 Å². The largest absolute Gasteiger partial charge is 0.497 e. The molecule has 2 aromatic carbocycles. The summed E-state index contributed by atoms with van der Waals surface area (Å²) in [6.07, 6.45) is 6.18. The molecule has 1 aromatic heterocycles. The van der Waals surface area contributed by atoms with Crippen LogP contribution in [0.3, 0.4) is 0 Å². The Hall–Kier alpha value is -3.39. The average molecular weight is 494 g/mol. The van der Waals surface area contributed by atoms with Crippen molar-refractivity contribution >= 4 is 5.91 Å². The van der Waals surface area contributed by atoms with E-state index in [4.69, 9.17) is 14.2 Å². The van der Waals surface area contributed by atoms with Crippen molar-refractivity contribution in [3.8, 4) is 22.8 Å². The summed E-state index contributed by atoms with van der Waals surface area (Å²) in [4.78, 5) is 15.3. The third kappa shape index (κ3) is 5.38. The maximum atomic E-state index is 13.4. The third-order valence-corrected chi connectivity index (χ3v) is 7.41. The Morgan fingerprint density at radius 1 is 1.14 bits per heavy atom. The Labute approximate surface area is 210 Å². The summed E-state index contributed by atoms with van der Waals surface area (Å²) in [5.74, 6) is 1.70. The number of hydrogen-bond donors (Lipinski definition) is 1. The predicted octanol–water partition coefficient (Wildman–Crippen LogP) is 5.09. The van der Waals surface area contributed by atoms with Crippen molar-refractivity contribution in [2.45, 2.75) is 37.7 Å². The van der Waals surface area contributed by atoms with Gasteiger partial charge in [-0.05, 0) is 86.6 Å². The van der Waals surface area contributed by atoms with Crippen LogP contribution in [0.2, 0.25) is 0 Å². The molecule has 0 radical (unpaired) electrons. The Morgan fingerprint density at radius 3 is 2.58 bits per heavy atom. The molecule has 190 valence electrons. The molecule has 0 aliphatic carbocycles. The molecule has 2 aliphatic heterocycles. The van der Waals surface area contributed by atoms with Gasteiger partial charge in [0.15, 0.2) is 0 Å². The summed E-state index contributed by atoms with van der Waals surface area (Å²) in [6.45, 7) is 2.65. The minimum absolute atomic E-state index is 0.00975. The minimum Gasteiger partial charge on any atom is -0.497 e. The van der Waals surface area contributed by atoms with Crippen LogP contribution in [0.1, 0.15) is 42.5 Å². The molecule has 7 nitrogen and oxygen atoms in total. The molecule has 2 aliphatic rings. The molecule has 8 heteroatoms. The van der Waals surface area contributed by atoms with Gasteiger partial charge in [-0.3, -0.25) is 9.89 Å². The molecule has 3 aromatic rings. The van der Waals surface area contributed by atoms with Crippen molar-refractivity contribution in [3.63, 3.8) is 0 Å². The SMILES string of the molecule is COc1ccc(-c2[nH]ncc2C(=O)N2CCC3(CC2)CC(CCOc2ccc(F)cc2)CCO3)cc1. The molecule has 3 heterocycles. The molecular formula is C28H32FN3O4. The zero-order valence-electron chi connectivity index (χ0n) is 20.5. The van der Waals surface area contributed by atoms with Gasteiger partial charge in [-0.25, -0.2) is 4.39 Å². The summed E-state index contributed by atoms with van der Waals surface area (Å²) in [6, 6.07) is 13.7. The first-order chi connectivity index (χ1) is 17.5. The highest BCUT2D eigenvalue weighted by Gasteiger charge is 2.41. The van der Waals surface area contributed by atoms with Crippen molar-refractivity contribution in [3.05, 3.63) is 66.1 Å². The van der Waals surface area contributed by atoms with Crippen LogP contribution in [0.5, 0.6) is 11.5 Å². The second-order valence-electron chi connectivity index (χ2n) is 9.66. The van der Waals surface area contributed by atoms with Crippen molar-refractivity contribution in [2.24, 2.45) is 5.92 Å². The number of carbonyl (C=O) groups is 1. The molecule has 0 bridgehead atoms. The lowest BCUT2D eigenvalue weighted by Crippen LogP contribution is -2.51. The Morgan fingerprint density at radius 2 is 1.86 bits per heavy atom. The number of nitrogens with zero attached hydrogens (tertiary/aromatic N) is 2. The summed E-state index contributed by atoms with van der Waals surface area (Å²) in [5, 5.41) is 7.13. The maximum absolute atomic E-state index is 13.4. The minimum atomic E-state index is -0.261. The molecule has 1 spiro atoms. The molecule has 2 fully saturated rings. The number of H-pyrrole nitrogens is 1. The molecule has 1 atom stereocenters. The first-order valence-corrected chi connectivity index (χ1v) is 12.5. The van der Waals surface area contributed by atoms with E-state index >= 15 is 0 Å². The third-order valence-electron chi connectivity index (χ3n) is 7.41. The van der Waals surface area contributed by atoms with Gasteiger partial charge in [-0.15, -0.1) is 0 Å². The van der Waals surface area contributed by atoms with Gasteiger partial charge < -0.3 is 19.1 Å². The summed E-state index contributed by atoms with van der Waals surface area (Å²) >= 11 is 0. The lowest BCUT2D eigenvalue weighted by atomic mass is 9.78. The van der Waals surface area contributed by atoms with Crippen LogP contribution in [0.4, 0.5) is 4.39 Å². The number of likely N-dealkylation sites (tertiary alicyclic amines) is 1. The Balaban J connectivity index is 1.15. The molecule has 1 amide bonds. The lowest BCUT2D eigenvalue weighted by Gasteiger charge is -2.46. The smallest absolute Gasteiger partial charge is 0.257 e.